The first-order chi connectivity index (χ1) is 8.89. The minimum Gasteiger partial charge on any atom is -0.507 e. The number of ether oxygens (including phenoxy) is 1. The van der Waals surface area contributed by atoms with Crippen LogP contribution in [-0.4, -0.2) is 10.7 Å². The van der Waals surface area contributed by atoms with E-state index in [1.165, 1.54) is 18.4 Å². The van der Waals surface area contributed by atoms with Gasteiger partial charge in [0.2, 0.25) is 0 Å². The van der Waals surface area contributed by atoms with Crippen LogP contribution in [-0.2, 0) is 6.42 Å². The Morgan fingerprint density at radius 1 is 1.16 bits per heavy atom. The smallest absolute Gasteiger partial charge is 0.127 e. The zero-order valence-electron chi connectivity index (χ0n) is 12.9. The molecule has 2 nitrogen and oxygen atoms in total. The third kappa shape index (κ3) is 2.45. The minimum atomic E-state index is -0.0381. The average Bonchev–Trinajstić information content (AvgIpc) is 2.40. The zero-order chi connectivity index (χ0) is 14.2. The van der Waals surface area contributed by atoms with E-state index in [1.54, 1.807) is 0 Å². The topological polar surface area (TPSA) is 29.5 Å². The van der Waals surface area contributed by atoms with Gasteiger partial charge in [-0.2, -0.15) is 0 Å². The summed E-state index contributed by atoms with van der Waals surface area (Å²) in [5.74, 6) is 1.47. The first-order valence-corrected chi connectivity index (χ1v) is 7.40. The van der Waals surface area contributed by atoms with Crippen molar-refractivity contribution in [3.63, 3.8) is 0 Å². The van der Waals surface area contributed by atoms with Gasteiger partial charge < -0.3 is 9.84 Å². The van der Waals surface area contributed by atoms with Gasteiger partial charge in [0, 0.05) is 5.56 Å². The predicted octanol–water partition coefficient (Wildman–Crippen LogP) is 4.59. The number of rotatable bonds is 3. The van der Waals surface area contributed by atoms with E-state index in [0.717, 1.165) is 41.7 Å². The maximum Gasteiger partial charge on any atom is 0.127 e. The van der Waals surface area contributed by atoms with Crippen molar-refractivity contribution in [1.29, 1.82) is 0 Å². The second-order valence-corrected chi connectivity index (χ2v) is 6.19. The van der Waals surface area contributed by atoms with Crippen molar-refractivity contribution < 1.29 is 9.84 Å². The normalized spacial score (nSPS) is 21.9. The SMILES string of the molecule is CCCCC1(C)CCc2c(C)c(O)c(C)c(C)c2O1. The van der Waals surface area contributed by atoms with Crippen molar-refractivity contribution in [2.45, 2.75) is 72.3 Å². The van der Waals surface area contributed by atoms with Crippen LogP contribution in [0.3, 0.4) is 0 Å². The van der Waals surface area contributed by atoms with Crippen LogP contribution in [0.4, 0.5) is 0 Å². The predicted molar refractivity (Wildman–Crippen MR) is 79.2 cm³/mol. The fourth-order valence-corrected chi connectivity index (χ4v) is 3.02. The maximum absolute atomic E-state index is 10.2. The molecular formula is C17H26O2. The van der Waals surface area contributed by atoms with Gasteiger partial charge in [-0.15, -0.1) is 0 Å². The Kier molecular flexibility index (Phi) is 3.80. The Hall–Kier alpha value is -1.18. The molecule has 0 aromatic heterocycles. The number of hydrogen-bond acceptors (Lipinski definition) is 2. The number of phenolic OH excluding ortho intramolecular Hbond substituents is 1. The molecular weight excluding hydrogens is 236 g/mol. The first-order valence-electron chi connectivity index (χ1n) is 7.40. The lowest BCUT2D eigenvalue weighted by Gasteiger charge is -2.38. The summed E-state index contributed by atoms with van der Waals surface area (Å²) in [6, 6.07) is 0. The molecule has 0 bridgehead atoms. The molecule has 0 radical (unpaired) electrons. The van der Waals surface area contributed by atoms with E-state index < -0.39 is 0 Å². The number of hydrogen-bond donors (Lipinski definition) is 1. The Balaban J connectivity index is 2.40. The molecule has 1 aliphatic rings. The first kappa shape index (κ1) is 14.2. The maximum atomic E-state index is 10.2. The zero-order valence-corrected chi connectivity index (χ0v) is 12.9. The third-order valence-corrected chi connectivity index (χ3v) is 4.65. The molecule has 2 rings (SSSR count). The number of fused-ring (bicyclic) bond motifs is 1. The molecule has 1 aromatic carbocycles. The van der Waals surface area contributed by atoms with Gasteiger partial charge in [0.1, 0.15) is 17.1 Å². The van der Waals surface area contributed by atoms with E-state index in [4.69, 9.17) is 4.74 Å². The fourth-order valence-electron chi connectivity index (χ4n) is 3.02. The molecule has 0 fully saturated rings. The highest BCUT2D eigenvalue weighted by Crippen LogP contribution is 2.44. The van der Waals surface area contributed by atoms with E-state index in [-0.39, 0.29) is 5.60 Å². The van der Waals surface area contributed by atoms with Crippen molar-refractivity contribution in [2.24, 2.45) is 0 Å². The van der Waals surface area contributed by atoms with Crippen molar-refractivity contribution in [1.82, 2.24) is 0 Å². The van der Waals surface area contributed by atoms with Crippen molar-refractivity contribution >= 4 is 0 Å². The van der Waals surface area contributed by atoms with Crippen LogP contribution < -0.4 is 4.74 Å². The van der Waals surface area contributed by atoms with Gasteiger partial charge in [-0.05, 0) is 70.1 Å². The Morgan fingerprint density at radius 3 is 2.47 bits per heavy atom. The quantitative estimate of drug-likeness (QED) is 0.863. The van der Waals surface area contributed by atoms with E-state index in [0.29, 0.717) is 5.75 Å². The number of aromatic hydroxyl groups is 1. The molecule has 1 atom stereocenters. The van der Waals surface area contributed by atoms with Crippen LogP contribution in [0.1, 0.15) is 61.8 Å². The number of unbranched alkanes of at least 4 members (excludes halogenated alkanes) is 1. The van der Waals surface area contributed by atoms with Gasteiger partial charge in [-0.3, -0.25) is 0 Å². The molecule has 0 saturated carbocycles. The van der Waals surface area contributed by atoms with E-state index in [1.807, 2.05) is 13.8 Å². The molecule has 1 N–H and O–H groups in total. The van der Waals surface area contributed by atoms with Crippen molar-refractivity contribution in [2.75, 3.05) is 0 Å². The molecule has 1 aromatic rings. The molecule has 0 amide bonds. The van der Waals surface area contributed by atoms with Gasteiger partial charge >= 0.3 is 0 Å². The monoisotopic (exact) mass is 262 g/mol. The van der Waals surface area contributed by atoms with Crippen molar-refractivity contribution in [3.05, 3.63) is 22.3 Å². The summed E-state index contributed by atoms with van der Waals surface area (Å²) < 4.78 is 6.36. The molecule has 1 unspecified atom stereocenters. The minimum absolute atomic E-state index is 0.0381. The Bertz CT molecular complexity index is 491. The molecule has 106 valence electrons. The van der Waals surface area contributed by atoms with Crippen LogP contribution in [0.2, 0.25) is 0 Å². The number of phenols is 1. The van der Waals surface area contributed by atoms with Crippen LogP contribution in [0.5, 0.6) is 11.5 Å². The second kappa shape index (κ2) is 5.07. The lowest BCUT2D eigenvalue weighted by Crippen LogP contribution is -2.37. The van der Waals surface area contributed by atoms with Gasteiger partial charge in [0.05, 0.1) is 0 Å². The molecule has 0 saturated heterocycles. The standard InChI is InChI=1S/C17H26O2/c1-6-7-9-17(5)10-8-14-13(4)15(18)11(2)12(3)16(14)19-17/h18H,6-10H2,1-5H3. The molecule has 1 heterocycles. The summed E-state index contributed by atoms with van der Waals surface area (Å²) in [5.41, 5.74) is 4.21. The second-order valence-electron chi connectivity index (χ2n) is 6.19. The van der Waals surface area contributed by atoms with Gasteiger partial charge in [-0.1, -0.05) is 13.3 Å². The van der Waals surface area contributed by atoms with Crippen LogP contribution >= 0.6 is 0 Å². The van der Waals surface area contributed by atoms with E-state index in [9.17, 15) is 5.11 Å². The summed E-state index contributed by atoms with van der Waals surface area (Å²) in [4.78, 5) is 0. The molecule has 19 heavy (non-hydrogen) atoms. The summed E-state index contributed by atoms with van der Waals surface area (Å²) in [5, 5.41) is 10.2. The van der Waals surface area contributed by atoms with Gasteiger partial charge in [0.15, 0.2) is 0 Å². The summed E-state index contributed by atoms with van der Waals surface area (Å²) in [6.07, 6.45) is 5.58. The summed E-state index contributed by atoms with van der Waals surface area (Å²) in [6.45, 7) is 10.5. The highest BCUT2D eigenvalue weighted by atomic mass is 16.5. The molecule has 2 heteroatoms. The highest BCUT2D eigenvalue weighted by molar-refractivity contribution is 5.58. The largest absolute Gasteiger partial charge is 0.507 e. The Labute approximate surface area is 116 Å². The highest BCUT2D eigenvalue weighted by Gasteiger charge is 2.33. The lowest BCUT2D eigenvalue weighted by molar-refractivity contribution is 0.0527. The number of benzene rings is 1. The van der Waals surface area contributed by atoms with Crippen molar-refractivity contribution in [3.8, 4) is 11.5 Å². The summed E-state index contributed by atoms with van der Waals surface area (Å²) in [7, 11) is 0. The van der Waals surface area contributed by atoms with Crippen LogP contribution in [0, 0.1) is 20.8 Å². The van der Waals surface area contributed by atoms with Gasteiger partial charge in [0.25, 0.3) is 0 Å². The Morgan fingerprint density at radius 2 is 1.84 bits per heavy atom. The molecule has 0 spiro atoms. The third-order valence-electron chi connectivity index (χ3n) is 4.65. The molecule has 1 aliphatic heterocycles. The lowest BCUT2D eigenvalue weighted by atomic mass is 9.85. The van der Waals surface area contributed by atoms with Crippen LogP contribution in [0.15, 0.2) is 0 Å². The van der Waals surface area contributed by atoms with Gasteiger partial charge in [-0.25, -0.2) is 0 Å². The average molecular weight is 262 g/mol. The van der Waals surface area contributed by atoms with E-state index in [2.05, 4.69) is 20.8 Å². The van der Waals surface area contributed by atoms with E-state index >= 15 is 0 Å². The summed E-state index contributed by atoms with van der Waals surface area (Å²) >= 11 is 0. The fraction of sp³-hybridized carbons (Fsp3) is 0.647. The van der Waals surface area contributed by atoms with Crippen LogP contribution in [0.25, 0.3) is 0 Å². The molecule has 0 aliphatic carbocycles.